The highest BCUT2D eigenvalue weighted by molar-refractivity contribution is 14.0. The average molecular weight is 430 g/mol. The van der Waals surface area contributed by atoms with Crippen molar-refractivity contribution in [3.05, 3.63) is 29.8 Å². The molecule has 0 atom stereocenters. The molecule has 0 spiro atoms. The van der Waals surface area contributed by atoms with Gasteiger partial charge in [0.05, 0.1) is 6.54 Å². The first-order valence-electron chi connectivity index (χ1n) is 6.65. The van der Waals surface area contributed by atoms with Crippen LogP contribution in [0, 0.1) is 6.92 Å². The Bertz CT molecular complexity index is 460. The maximum atomic E-state index is 12.1. The molecule has 4 nitrogen and oxygen atoms in total. The van der Waals surface area contributed by atoms with Gasteiger partial charge in [0.2, 0.25) is 0 Å². The summed E-state index contributed by atoms with van der Waals surface area (Å²) < 4.78 is 36.3. The molecule has 22 heavy (non-hydrogen) atoms. The zero-order chi connectivity index (χ0) is 15.9. The van der Waals surface area contributed by atoms with E-state index in [9.17, 15) is 13.2 Å². The lowest BCUT2D eigenvalue weighted by Crippen LogP contribution is -2.32. The Balaban J connectivity index is 0.00000441. The van der Waals surface area contributed by atoms with E-state index in [0.717, 1.165) is 11.3 Å². The first-order valence-corrected chi connectivity index (χ1v) is 6.65. The number of hydrogen-bond donors (Lipinski definition) is 2. The highest BCUT2D eigenvalue weighted by atomic mass is 127. The number of nitrogens with one attached hydrogen (secondary N) is 1. The predicted molar refractivity (Wildman–Crippen MR) is 94.9 cm³/mol. The molecule has 0 saturated heterocycles. The lowest BCUT2D eigenvalue weighted by Gasteiger charge is -2.17. The van der Waals surface area contributed by atoms with Crippen LogP contribution in [-0.4, -0.2) is 43.7 Å². The molecule has 0 aliphatic carbocycles. The van der Waals surface area contributed by atoms with Gasteiger partial charge in [-0.15, -0.1) is 24.0 Å². The van der Waals surface area contributed by atoms with Gasteiger partial charge >= 0.3 is 6.18 Å². The van der Waals surface area contributed by atoms with Gasteiger partial charge in [0.15, 0.2) is 5.96 Å². The normalized spacial score (nSPS) is 12.2. The van der Waals surface area contributed by atoms with E-state index in [0.29, 0.717) is 19.5 Å². The monoisotopic (exact) mass is 430 g/mol. The van der Waals surface area contributed by atoms with Crippen LogP contribution in [0.3, 0.4) is 0 Å². The molecular weight excluding hydrogens is 408 g/mol. The smallest absolute Gasteiger partial charge is 0.370 e. The summed E-state index contributed by atoms with van der Waals surface area (Å²) in [5, 5.41) is 2.93. The number of nitrogens with two attached hydrogens (primary N) is 1. The highest BCUT2D eigenvalue weighted by Gasteiger charge is 2.28. The van der Waals surface area contributed by atoms with E-state index in [-0.39, 0.29) is 29.9 Å². The van der Waals surface area contributed by atoms with Crippen molar-refractivity contribution in [2.45, 2.75) is 19.5 Å². The number of guanidine groups is 1. The molecule has 3 N–H and O–H groups in total. The molecule has 8 heteroatoms. The maximum absolute atomic E-state index is 12.1. The van der Waals surface area contributed by atoms with Crippen molar-refractivity contribution in [2.75, 3.05) is 32.0 Å². The summed E-state index contributed by atoms with van der Waals surface area (Å²) in [7, 11) is 1.44. The standard InChI is InChI=1S/C14H21F3N4.HI/c1-11-4-6-12(7-5-11)20-13(18)19-8-3-9-21(2)10-14(15,16)17;/h4-7H,3,8-10H2,1-2H3,(H3,18,19,20);1H. The van der Waals surface area contributed by atoms with Crippen LogP contribution in [0.1, 0.15) is 12.0 Å². The fourth-order valence-electron chi connectivity index (χ4n) is 1.75. The molecule has 0 aliphatic heterocycles. The number of anilines is 1. The number of alkyl halides is 3. The van der Waals surface area contributed by atoms with Crippen LogP contribution in [0.25, 0.3) is 0 Å². The molecule has 1 aromatic rings. The van der Waals surface area contributed by atoms with Crippen LogP contribution in [0.2, 0.25) is 0 Å². The lowest BCUT2D eigenvalue weighted by atomic mass is 10.2. The minimum Gasteiger partial charge on any atom is -0.370 e. The quantitative estimate of drug-likeness (QED) is 0.316. The van der Waals surface area contributed by atoms with Crippen LogP contribution in [0.5, 0.6) is 0 Å². The van der Waals surface area contributed by atoms with E-state index in [4.69, 9.17) is 5.73 Å². The van der Waals surface area contributed by atoms with Gasteiger partial charge in [-0.05, 0) is 39.1 Å². The fraction of sp³-hybridized carbons (Fsp3) is 0.500. The van der Waals surface area contributed by atoms with E-state index in [2.05, 4.69) is 10.3 Å². The van der Waals surface area contributed by atoms with Crippen LogP contribution >= 0.6 is 24.0 Å². The zero-order valence-corrected chi connectivity index (χ0v) is 15.0. The van der Waals surface area contributed by atoms with Crippen LogP contribution in [0.15, 0.2) is 29.3 Å². The largest absolute Gasteiger partial charge is 0.401 e. The maximum Gasteiger partial charge on any atom is 0.401 e. The Kier molecular flexibility index (Phi) is 9.42. The molecular formula is C14H22F3IN4. The van der Waals surface area contributed by atoms with Crippen molar-refractivity contribution in [3.63, 3.8) is 0 Å². The van der Waals surface area contributed by atoms with Crippen LogP contribution in [0.4, 0.5) is 18.9 Å². The zero-order valence-electron chi connectivity index (χ0n) is 12.7. The number of nitrogens with zero attached hydrogens (tertiary/aromatic N) is 2. The molecule has 0 heterocycles. The van der Waals surface area contributed by atoms with Crippen molar-refractivity contribution >= 4 is 35.6 Å². The Morgan fingerprint density at radius 1 is 1.27 bits per heavy atom. The first-order chi connectivity index (χ1) is 9.76. The topological polar surface area (TPSA) is 53.6 Å². The van der Waals surface area contributed by atoms with Gasteiger partial charge in [-0.2, -0.15) is 13.2 Å². The van der Waals surface area contributed by atoms with E-state index in [1.165, 1.54) is 11.9 Å². The molecule has 0 aromatic heterocycles. The summed E-state index contributed by atoms with van der Waals surface area (Å²) in [6.45, 7) is 1.78. The minimum absolute atomic E-state index is 0. The number of aryl methyl sites for hydroxylation is 1. The predicted octanol–water partition coefficient (Wildman–Crippen LogP) is 3.22. The Hall–Kier alpha value is -1.03. The van der Waals surface area contributed by atoms with Gasteiger partial charge in [-0.3, -0.25) is 9.89 Å². The van der Waals surface area contributed by atoms with Gasteiger partial charge in [0, 0.05) is 12.2 Å². The lowest BCUT2D eigenvalue weighted by molar-refractivity contribution is -0.143. The molecule has 0 aliphatic rings. The summed E-state index contributed by atoms with van der Waals surface area (Å²) in [4.78, 5) is 5.31. The molecule has 0 bridgehead atoms. The van der Waals surface area contributed by atoms with Gasteiger partial charge < -0.3 is 11.1 Å². The summed E-state index contributed by atoms with van der Waals surface area (Å²) >= 11 is 0. The molecule has 0 radical (unpaired) electrons. The summed E-state index contributed by atoms with van der Waals surface area (Å²) in [5.41, 5.74) is 7.68. The second-order valence-corrected chi connectivity index (χ2v) is 4.96. The number of aliphatic imine (C=N–C) groups is 1. The van der Waals surface area contributed by atoms with E-state index < -0.39 is 12.7 Å². The first kappa shape index (κ1) is 21.0. The summed E-state index contributed by atoms with van der Waals surface area (Å²) in [6, 6.07) is 7.66. The summed E-state index contributed by atoms with van der Waals surface area (Å²) in [5.74, 6) is 0.261. The molecule has 1 aromatic carbocycles. The Labute approximate surface area is 146 Å². The van der Waals surface area contributed by atoms with Crippen molar-refractivity contribution in [1.29, 1.82) is 0 Å². The summed E-state index contributed by atoms with van der Waals surface area (Å²) in [6.07, 6.45) is -3.65. The van der Waals surface area contributed by atoms with Gasteiger partial charge in [-0.25, -0.2) is 0 Å². The Morgan fingerprint density at radius 2 is 1.86 bits per heavy atom. The molecule has 0 fully saturated rings. The van der Waals surface area contributed by atoms with Crippen molar-refractivity contribution in [2.24, 2.45) is 10.7 Å². The molecule has 0 saturated carbocycles. The fourth-order valence-corrected chi connectivity index (χ4v) is 1.75. The third-order valence-corrected chi connectivity index (χ3v) is 2.75. The van der Waals surface area contributed by atoms with Crippen molar-refractivity contribution < 1.29 is 13.2 Å². The van der Waals surface area contributed by atoms with E-state index >= 15 is 0 Å². The number of halogens is 4. The van der Waals surface area contributed by atoms with Gasteiger partial charge in [0.25, 0.3) is 0 Å². The third kappa shape index (κ3) is 9.82. The molecule has 1 rings (SSSR count). The number of hydrogen-bond acceptors (Lipinski definition) is 2. The molecule has 0 unspecified atom stereocenters. The minimum atomic E-state index is -4.16. The van der Waals surface area contributed by atoms with Crippen molar-refractivity contribution in [1.82, 2.24) is 4.90 Å². The average Bonchev–Trinajstić information content (AvgIpc) is 2.35. The van der Waals surface area contributed by atoms with Gasteiger partial charge in [0.1, 0.15) is 0 Å². The highest BCUT2D eigenvalue weighted by Crippen LogP contribution is 2.15. The van der Waals surface area contributed by atoms with E-state index in [1.807, 2.05) is 31.2 Å². The second kappa shape index (κ2) is 9.88. The SMILES string of the molecule is Cc1ccc(NC(N)=NCCCN(C)CC(F)(F)F)cc1.I. The van der Waals surface area contributed by atoms with Crippen LogP contribution in [-0.2, 0) is 0 Å². The number of benzene rings is 1. The van der Waals surface area contributed by atoms with Crippen molar-refractivity contribution in [3.8, 4) is 0 Å². The van der Waals surface area contributed by atoms with E-state index in [1.54, 1.807) is 0 Å². The Morgan fingerprint density at radius 3 is 2.41 bits per heavy atom. The second-order valence-electron chi connectivity index (χ2n) is 4.96. The van der Waals surface area contributed by atoms with Crippen LogP contribution < -0.4 is 11.1 Å². The van der Waals surface area contributed by atoms with Gasteiger partial charge in [-0.1, -0.05) is 17.7 Å². The number of rotatable bonds is 6. The molecule has 0 amide bonds. The third-order valence-electron chi connectivity index (χ3n) is 2.75. The molecule has 126 valence electrons.